The minimum atomic E-state index is -0.228. The lowest BCUT2D eigenvalue weighted by Crippen LogP contribution is -2.11. The van der Waals surface area contributed by atoms with E-state index < -0.39 is 0 Å². The van der Waals surface area contributed by atoms with Crippen LogP contribution in [0.1, 0.15) is 12.5 Å². The molecule has 1 nitrogen and oxygen atoms in total. The minimum absolute atomic E-state index is 0.228. The molecule has 0 amide bonds. The molecule has 0 saturated heterocycles. The molecule has 0 unspecified atom stereocenters. The third-order valence-electron chi connectivity index (χ3n) is 2.80. The Bertz CT molecular complexity index is 523. The molecule has 0 aromatic heterocycles. The maximum absolute atomic E-state index is 12.9. The van der Waals surface area contributed by atoms with Gasteiger partial charge >= 0.3 is 0 Å². The van der Waals surface area contributed by atoms with Crippen LogP contribution in [-0.4, -0.2) is 6.54 Å². The van der Waals surface area contributed by atoms with E-state index in [1.807, 2.05) is 18.2 Å². The van der Waals surface area contributed by atoms with Gasteiger partial charge in [-0.15, -0.1) is 0 Å². The maximum Gasteiger partial charge on any atom is 0.123 e. The third kappa shape index (κ3) is 3.09. The van der Waals surface area contributed by atoms with Gasteiger partial charge in [0.1, 0.15) is 5.82 Å². The van der Waals surface area contributed by atoms with Gasteiger partial charge in [0.25, 0.3) is 0 Å². The fourth-order valence-electron chi connectivity index (χ4n) is 1.77. The molecule has 0 saturated carbocycles. The van der Waals surface area contributed by atoms with E-state index in [1.165, 1.54) is 12.1 Å². The van der Waals surface area contributed by atoms with Crippen LogP contribution in [0.4, 0.5) is 4.39 Å². The average Bonchev–Trinajstić information content (AvgIpc) is 2.38. The zero-order valence-electron chi connectivity index (χ0n) is 10.2. The van der Waals surface area contributed by atoms with E-state index >= 15 is 0 Å². The van der Waals surface area contributed by atoms with Gasteiger partial charge in [-0.2, -0.15) is 0 Å². The van der Waals surface area contributed by atoms with Crippen molar-refractivity contribution in [2.75, 3.05) is 6.54 Å². The Labute approximate surface area is 112 Å². The van der Waals surface area contributed by atoms with Gasteiger partial charge in [-0.25, -0.2) is 4.39 Å². The summed E-state index contributed by atoms with van der Waals surface area (Å²) in [7, 11) is 0. The molecule has 0 fully saturated rings. The van der Waals surface area contributed by atoms with Crippen LogP contribution < -0.4 is 5.32 Å². The van der Waals surface area contributed by atoms with Crippen molar-refractivity contribution in [3.05, 3.63) is 58.9 Å². The van der Waals surface area contributed by atoms with Crippen molar-refractivity contribution in [3.8, 4) is 11.1 Å². The third-order valence-corrected chi connectivity index (χ3v) is 3.15. The first kappa shape index (κ1) is 13.1. The van der Waals surface area contributed by atoms with Crippen molar-refractivity contribution in [1.82, 2.24) is 5.32 Å². The Balaban J connectivity index is 2.25. The van der Waals surface area contributed by atoms with Crippen LogP contribution in [0.5, 0.6) is 0 Å². The number of nitrogens with one attached hydrogen (secondary N) is 1. The van der Waals surface area contributed by atoms with Gasteiger partial charge in [-0.1, -0.05) is 42.8 Å². The molecule has 0 bridgehead atoms. The molecule has 2 aromatic carbocycles. The predicted octanol–water partition coefficient (Wildman–Crippen LogP) is 4.26. The Morgan fingerprint density at radius 2 is 1.72 bits per heavy atom. The summed E-state index contributed by atoms with van der Waals surface area (Å²) in [5, 5.41) is 3.97. The molecular formula is C15H15ClFN. The molecule has 0 aliphatic carbocycles. The van der Waals surface area contributed by atoms with Crippen molar-refractivity contribution in [1.29, 1.82) is 0 Å². The van der Waals surface area contributed by atoms with E-state index in [-0.39, 0.29) is 5.82 Å². The quantitative estimate of drug-likeness (QED) is 0.869. The molecule has 0 heterocycles. The molecule has 0 aliphatic heterocycles. The van der Waals surface area contributed by atoms with Crippen molar-refractivity contribution >= 4 is 11.6 Å². The van der Waals surface area contributed by atoms with Crippen LogP contribution in [0.3, 0.4) is 0 Å². The van der Waals surface area contributed by atoms with E-state index in [0.717, 1.165) is 34.8 Å². The number of rotatable bonds is 4. The summed E-state index contributed by atoms with van der Waals surface area (Å²) in [6.07, 6.45) is 0. The fourth-order valence-corrected chi connectivity index (χ4v) is 2.02. The molecular weight excluding hydrogens is 249 g/mol. The minimum Gasteiger partial charge on any atom is -0.313 e. The van der Waals surface area contributed by atoms with E-state index in [0.29, 0.717) is 0 Å². The molecule has 0 radical (unpaired) electrons. The lowest BCUT2D eigenvalue weighted by atomic mass is 10.0. The van der Waals surface area contributed by atoms with E-state index in [2.05, 4.69) is 12.2 Å². The Morgan fingerprint density at radius 1 is 1.06 bits per heavy atom. The number of hydrogen-bond acceptors (Lipinski definition) is 1. The molecule has 0 atom stereocenters. The van der Waals surface area contributed by atoms with Gasteiger partial charge in [-0.3, -0.25) is 0 Å². The van der Waals surface area contributed by atoms with E-state index in [4.69, 9.17) is 11.6 Å². The molecule has 18 heavy (non-hydrogen) atoms. The topological polar surface area (TPSA) is 12.0 Å². The molecule has 94 valence electrons. The molecule has 0 spiro atoms. The molecule has 0 aliphatic rings. The number of benzene rings is 2. The fraction of sp³-hybridized carbons (Fsp3) is 0.200. The van der Waals surface area contributed by atoms with Crippen LogP contribution in [0.25, 0.3) is 11.1 Å². The largest absolute Gasteiger partial charge is 0.313 e. The first-order valence-corrected chi connectivity index (χ1v) is 6.33. The van der Waals surface area contributed by atoms with Gasteiger partial charge < -0.3 is 5.32 Å². The first-order valence-electron chi connectivity index (χ1n) is 5.96. The highest BCUT2D eigenvalue weighted by Crippen LogP contribution is 2.25. The zero-order chi connectivity index (χ0) is 13.0. The van der Waals surface area contributed by atoms with E-state index in [1.54, 1.807) is 12.1 Å². The molecule has 2 rings (SSSR count). The standard InChI is InChI=1S/C15H15ClFN/c1-2-18-10-13-4-3-12(9-15(13)16)11-5-7-14(17)8-6-11/h3-9,18H,2,10H2,1H3. The highest BCUT2D eigenvalue weighted by atomic mass is 35.5. The van der Waals surface area contributed by atoms with E-state index in [9.17, 15) is 4.39 Å². The average molecular weight is 264 g/mol. The normalized spacial score (nSPS) is 10.6. The molecule has 3 heteroatoms. The van der Waals surface area contributed by atoms with Crippen molar-refractivity contribution in [2.45, 2.75) is 13.5 Å². The summed E-state index contributed by atoms with van der Waals surface area (Å²) in [6.45, 7) is 3.73. The first-order chi connectivity index (χ1) is 8.70. The Morgan fingerprint density at radius 3 is 2.33 bits per heavy atom. The summed E-state index contributed by atoms with van der Waals surface area (Å²) in [5.74, 6) is -0.228. The summed E-state index contributed by atoms with van der Waals surface area (Å²) in [6, 6.07) is 12.3. The van der Waals surface area contributed by atoms with Gasteiger partial charge in [0.15, 0.2) is 0 Å². The Kier molecular flexibility index (Phi) is 4.34. The zero-order valence-corrected chi connectivity index (χ0v) is 11.0. The highest BCUT2D eigenvalue weighted by molar-refractivity contribution is 6.31. The summed E-state index contributed by atoms with van der Waals surface area (Å²) < 4.78 is 12.9. The van der Waals surface area contributed by atoms with Gasteiger partial charge in [0.2, 0.25) is 0 Å². The second-order valence-corrected chi connectivity index (χ2v) is 4.50. The van der Waals surface area contributed by atoms with Gasteiger partial charge in [0, 0.05) is 11.6 Å². The van der Waals surface area contributed by atoms with Crippen molar-refractivity contribution in [3.63, 3.8) is 0 Å². The monoisotopic (exact) mass is 263 g/mol. The van der Waals surface area contributed by atoms with Gasteiger partial charge in [0.05, 0.1) is 0 Å². The van der Waals surface area contributed by atoms with Gasteiger partial charge in [-0.05, 0) is 41.4 Å². The second-order valence-electron chi connectivity index (χ2n) is 4.09. The Hall–Kier alpha value is -1.38. The number of halogens is 2. The summed E-state index contributed by atoms with van der Waals surface area (Å²) in [5.41, 5.74) is 3.04. The summed E-state index contributed by atoms with van der Waals surface area (Å²) in [4.78, 5) is 0. The molecule has 1 N–H and O–H groups in total. The number of hydrogen-bond donors (Lipinski definition) is 1. The lowest BCUT2D eigenvalue weighted by molar-refractivity contribution is 0.628. The van der Waals surface area contributed by atoms with Crippen LogP contribution >= 0.6 is 11.6 Å². The maximum atomic E-state index is 12.9. The lowest BCUT2D eigenvalue weighted by Gasteiger charge is -2.08. The smallest absolute Gasteiger partial charge is 0.123 e. The van der Waals surface area contributed by atoms with Crippen LogP contribution in [0, 0.1) is 5.82 Å². The summed E-state index contributed by atoms with van der Waals surface area (Å²) >= 11 is 6.23. The van der Waals surface area contributed by atoms with Crippen LogP contribution in [0.15, 0.2) is 42.5 Å². The van der Waals surface area contributed by atoms with Crippen molar-refractivity contribution in [2.24, 2.45) is 0 Å². The molecule has 2 aromatic rings. The SMILES string of the molecule is CCNCc1ccc(-c2ccc(F)cc2)cc1Cl. The second kappa shape index (κ2) is 5.98. The highest BCUT2D eigenvalue weighted by Gasteiger charge is 2.03. The van der Waals surface area contributed by atoms with Crippen molar-refractivity contribution < 1.29 is 4.39 Å². The van der Waals surface area contributed by atoms with Crippen LogP contribution in [0.2, 0.25) is 5.02 Å². The predicted molar refractivity (Wildman–Crippen MR) is 74.2 cm³/mol. The van der Waals surface area contributed by atoms with Crippen LogP contribution in [-0.2, 0) is 6.54 Å².